The zero-order valence-electron chi connectivity index (χ0n) is 7.79. The molecule has 0 unspecified atom stereocenters. The molecule has 2 atom stereocenters. The van der Waals surface area contributed by atoms with Crippen LogP contribution in [0.3, 0.4) is 0 Å². The zero-order valence-corrected chi connectivity index (χ0v) is 7.79. The second-order valence-electron chi connectivity index (χ2n) is 3.71. The molecule has 0 bridgehead atoms. The number of Topliss-reactive ketones (excluding diaryl/α,β-unsaturated/α-hetero) is 1. The van der Waals surface area contributed by atoms with E-state index in [0.717, 1.165) is 0 Å². The highest BCUT2D eigenvalue weighted by Gasteiger charge is 2.56. The summed E-state index contributed by atoms with van der Waals surface area (Å²) in [6.07, 6.45) is -4.40. The fourth-order valence-electron chi connectivity index (χ4n) is 1.95. The van der Waals surface area contributed by atoms with Gasteiger partial charge < -0.3 is 0 Å². The molecule has 0 aromatic heterocycles. The lowest BCUT2D eigenvalue weighted by Crippen LogP contribution is -2.45. The van der Waals surface area contributed by atoms with Gasteiger partial charge in [0.15, 0.2) is 0 Å². The van der Waals surface area contributed by atoms with Crippen LogP contribution in [-0.2, 0) is 4.79 Å². The van der Waals surface area contributed by atoms with E-state index in [1.807, 2.05) is 0 Å². The summed E-state index contributed by atoms with van der Waals surface area (Å²) in [4.78, 5) is 10.9. The van der Waals surface area contributed by atoms with Gasteiger partial charge in [-0.1, -0.05) is 30.3 Å². The number of alkyl halides is 3. The van der Waals surface area contributed by atoms with Crippen LogP contribution in [0.1, 0.15) is 17.9 Å². The van der Waals surface area contributed by atoms with Gasteiger partial charge in [0.2, 0.25) is 0 Å². The fraction of sp³-hybridized carbons (Fsp3) is 0.364. The highest BCUT2D eigenvalue weighted by atomic mass is 19.4. The SMILES string of the molecule is O=C1C[C@H](c2ccccc2)[C@H]1C(F)(F)F. The van der Waals surface area contributed by atoms with E-state index in [1.54, 1.807) is 30.3 Å². The van der Waals surface area contributed by atoms with Crippen LogP contribution in [0.4, 0.5) is 13.2 Å². The highest BCUT2D eigenvalue weighted by Crippen LogP contribution is 2.48. The molecular formula is C11H9F3O. The molecule has 0 heterocycles. The second-order valence-corrected chi connectivity index (χ2v) is 3.71. The van der Waals surface area contributed by atoms with Crippen molar-refractivity contribution in [1.82, 2.24) is 0 Å². The van der Waals surface area contributed by atoms with E-state index in [1.165, 1.54) is 0 Å². The van der Waals surface area contributed by atoms with E-state index in [9.17, 15) is 18.0 Å². The van der Waals surface area contributed by atoms with E-state index in [2.05, 4.69) is 0 Å². The van der Waals surface area contributed by atoms with Crippen LogP contribution in [0.2, 0.25) is 0 Å². The Balaban J connectivity index is 2.23. The van der Waals surface area contributed by atoms with Gasteiger partial charge in [-0.15, -0.1) is 0 Å². The topological polar surface area (TPSA) is 17.1 Å². The maximum atomic E-state index is 12.5. The van der Waals surface area contributed by atoms with Gasteiger partial charge >= 0.3 is 6.18 Å². The lowest BCUT2D eigenvalue weighted by molar-refractivity contribution is -0.199. The molecule has 0 radical (unpaired) electrons. The van der Waals surface area contributed by atoms with Crippen molar-refractivity contribution < 1.29 is 18.0 Å². The number of benzene rings is 1. The number of halogens is 3. The number of carbonyl (C=O) groups is 1. The van der Waals surface area contributed by atoms with Crippen molar-refractivity contribution in [2.24, 2.45) is 5.92 Å². The van der Waals surface area contributed by atoms with Gasteiger partial charge in [-0.25, -0.2) is 0 Å². The van der Waals surface area contributed by atoms with Crippen molar-refractivity contribution in [2.45, 2.75) is 18.5 Å². The van der Waals surface area contributed by atoms with Gasteiger partial charge in [-0.2, -0.15) is 13.2 Å². The van der Waals surface area contributed by atoms with Gasteiger partial charge in [-0.3, -0.25) is 4.79 Å². The molecule has 1 aromatic carbocycles. The van der Waals surface area contributed by atoms with Crippen LogP contribution in [0.5, 0.6) is 0 Å². The summed E-state index contributed by atoms with van der Waals surface area (Å²) in [7, 11) is 0. The molecule has 0 N–H and O–H groups in total. The zero-order chi connectivity index (χ0) is 11.1. The minimum Gasteiger partial charge on any atom is -0.299 e. The predicted octanol–water partition coefficient (Wildman–Crippen LogP) is 2.92. The fourth-order valence-corrected chi connectivity index (χ4v) is 1.95. The molecule has 0 amide bonds. The minimum atomic E-state index is -4.41. The van der Waals surface area contributed by atoms with E-state index >= 15 is 0 Å². The first-order valence-electron chi connectivity index (χ1n) is 4.64. The molecule has 2 rings (SSSR count). The van der Waals surface area contributed by atoms with Crippen LogP contribution in [0.25, 0.3) is 0 Å². The maximum absolute atomic E-state index is 12.5. The number of hydrogen-bond acceptors (Lipinski definition) is 1. The van der Waals surface area contributed by atoms with Gasteiger partial charge in [-0.05, 0) is 5.56 Å². The lowest BCUT2D eigenvalue weighted by Gasteiger charge is -2.36. The van der Waals surface area contributed by atoms with Crippen molar-refractivity contribution in [2.75, 3.05) is 0 Å². The second kappa shape index (κ2) is 3.36. The van der Waals surface area contributed by atoms with E-state index < -0.39 is 23.8 Å². The number of carbonyl (C=O) groups excluding carboxylic acids is 1. The first-order chi connectivity index (χ1) is 7.00. The molecule has 1 nitrogen and oxygen atoms in total. The maximum Gasteiger partial charge on any atom is 0.399 e. The Labute approximate surface area is 84.9 Å². The Kier molecular flexibility index (Phi) is 2.29. The van der Waals surface area contributed by atoms with Gasteiger partial charge in [0, 0.05) is 12.3 Å². The minimum absolute atomic E-state index is 0.00812. The third-order valence-corrected chi connectivity index (χ3v) is 2.75. The monoisotopic (exact) mass is 214 g/mol. The quantitative estimate of drug-likeness (QED) is 0.702. The first kappa shape index (κ1) is 10.2. The van der Waals surface area contributed by atoms with Crippen LogP contribution >= 0.6 is 0 Å². The molecule has 0 aliphatic heterocycles. The summed E-state index contributed by atoms with van der Waals surface area (Å²) in [6.45, 7) is 0. The molecule has 1 saturated carbocycles. The summed E-state index contributed by atoms with van der Waals surface area (Å²) in [6, 6.07) is 8.38. The van der Waals surface area contributed by atoms with Crippen molar-refractivity contribution in [3.05, 3.63) is 35.9 Å². The average Bonchev–Trinajstić information content (AvgIpc) is 2.12. The molecule has 4 heteroatoms. The molecule has 1 aliphatic carbocycles. The van der Waals surface area contributed by atoms with E-state index in [-0.39, 0.29) is 6.42 Å². The molecule has 0 saturated heterocycles. The van der Waals surface area contributed by atoms with E-state index in [4.69, 9.17) is 0 Å². The summed E-state index contributed by atoms with van der Waals surface area (Å²) >= 11 is 0. The van der Waals surface area contributed by atoms with Crippen LogP contribution in [-0.4, -0.2) is 12.0 Å². The van der Waals surface area contributed by atoms with Crippen molar-refractivity contribution in [1.29, 1.82) is 0 Å². The Bertz CT molecular complexity index is 369. The van der Waals surface area contributed by atoms with Crippen molar-refractivity contribution >= 4 is 5.78 Å². The Morgan fingerprint density at radius 2 is 1.73 bits per heavy atom. The van der Waals surface area contributed by atoms with Gasteiger partial charge in [0.05, 0.1) is 0 Å². The molecular weight excluding hydrogens is 205 g/mol. The summed E-state index contributed by atoms with van der Waals surface area (Å²) in [5, 5.41) is 0. The van der Waals surface area contributed by atoms with Crippen molar-refractivity contribution in [3.8, 4) is 0 Å². The molecule has 80 valence electrons. The summed E-state index contributed by atoms with van der Waals surface area (Å²) in [5.41, 5.74) is 0.597. The molecule has 1 fully saturated rings. The average molecular weight is 214 g/mol. The summed E-state index contributed by atoms with van der Waals surface area (Å²) in [5.74, 6) is -3.17. The van der Waals surface area contributed by atoms with Crippen LogP contribution in [0.15, 0.2) is 30.3 Å². The first-order valence-corrected chi connectivity index (χ1v) is 4.64. The standard InChI is InChI=1S/C11H9F3O/c12-11(13,14)10-8(6-9(10)15)7-4-2-1-3-5-7/h1-5,8,10H,6H2/t8-,10-/m1/s1. The molecule has 0 spiro atoms. The Hall–Kier alpha value is -1.32. The molecule has 1 aromatic rings. The third-order valence-electron chi connectivity index (χ3n) is 2.75. The van der Waals surface area contributed by atoms with Gasteiger partial charge in [0.25, 0.3) is 0 Å². The Morgan fingerprint density at radius 1 is 1.13 bits per heavy atom. The van der Waals surface area contributed by atoms with Gasteiger partial charge in [0.1, 0.15) is 11.7 Å². The molecule has 15 heavy (non-hydrogen) atoms. The molecule has 1 aliphatic rings. The smallest absolute Gasteiger partial charge is 0.299 e. The predicted molar refractivity (Wildman–Crippen MR) is 48.4 cm³/mol. The third kappa shape index (κ3) is 1.76. The number of hydrogen-bond donors (Lipinski definition) is 0. The van der Waals surface area contributed by atoms with Crippen LogP contribution < -0.4 is 0 Å². The van der Waals surface area contributed by atoms with Crippen LogP contribution in [0, 0.1) is 5.92 Å². The van der Waals surface area contributed by atoms with E-state index in [0.29, 0.717) is 5.56 Å². The van der Waals surface area contributed by atoms with Crippen molar-refractivity contribution in [3.63, 3.8) is 0 Å². The number of ketones is 1. The summed E-state index contributed by atoms with van der Waals surface area (Å²) < 4.78 is 37.4. The normalized spacial score (nSPS) is 26.2. The Morgan fingerprint density at radius 3 is 2.20 bits per heavy atom. The number of rotatable bonds is 1. The largest absolute Gasteiger partial charge is 0.399 e. The highest BCUT2D eigenvalue weighted by molar-refractivity contribution is 5.90. The lowest BCUT2D eigenvalue weighted by atomic mass is 9.68.